The molecule has 0 radical (unpaired) electrons. The molecule has 1 saturated heterocycles. The third-order valence-corrected chi connectivity index (χ3v) is 4.98. The normalized spacial score (nSPS) is 15.9. The summed E-state index contributed by atoms with van der Waals surface area (Å²) in [6, 6.07) is 11.4. The van der Waals surface area contributed by atoms with Crippen molar-refractivity contribution >= 4 is 0 Å². The Morgan fingerprint density at radius 2 is 1.85 bits per heavy atom. The number of rotatable bonds is 4. The van der Waals surface area contributed by atoms with Gasteiger partial charge in [0.2, 0.25) is 0 Å². The molecule has 27 heavy (non-hydrogen) atoms. The summed E-state index contributed by atoms with van der Waals surface area (Å²) < 4.78 is 3.42. The fraction of sp³-hybridized carbons (Fsp3) is 0.368. The summed E-state index contributed by atoms with van der Waals surface area (Å²) in [4.78, 5) is 32.7. The molecule has 0 bridgehead atoms. The van der Waals surface area contributed by atoms with Crippen molar-refractivity contribution in [2.45, 2.75) is 25.4 Å². The Hall–Kier alpha value is -3.00. The monoisotopic (exact) mass is 366 g/mol. The lowest BCUT2D eigenvalue weighted by atomic mass is 10.1. The van der Waals surface area contributed by atoms with Gasteiger partial charge in [-0.3, -0.25) is 14.3 Å². The van der Waals surface area contributed by atoms with Crippen LogP contribution in [0, 0.1) is 0 Å². The molecule has 2 aromatic heterocycles. The molecule has 0 unspecified atom stereocenters. The number of hydrogen-bond acceptors (Lipinski definition) is 5. The summed E-state index contributed by atoms with van der Waals surface area (Å²) >= 11 is 0. The molecule has 8 heteroatoms. The fourth-order valence-electron chi connectivity index (χ4n) is 3.43. The van der Waals surface area contributed by atoms with E-state index in [0.717, 1.165) is 37.3 Å². The van der Waals surface area contributed by atoms with E-state index in [2.05, 4.69) is 16.9 Å². The standard InChI is InChI=1S/C19H22N6O2/c1-23-10-7-15(8-11-23)25-16(13-24-12-9-17(26)21-19(24)27)20-18(22-25)14-5-3-2-4-6-14/h2-6,9,12,15H,7-8,10-11,13H2,1H3,(H,21,26,27). The second-order valence-electron chi connectivity index (χ2n) is 6.93. The van der Waals surface area contributed by atoms with E-state index in [1.54, 1.807) is 0 Å². The van der Waals surface area contributed by atoms with Gasteiger partial charge in [0, 0.05) is 17.8 Å². The van der Waals surface area contributed by atoms with Crippen LogP contribution >= 0.6 is 0 Å². The Morgan fingerprint density at radius 3 is 2.56 bits per heavy atom. The smallest absolute Gasteiger partial charge is 0.306 e. The highest BCUT2D eigenvalue weighted by Gasteiger charge is 2.23. The first-order chi connectivity index (χ1) is 13.1. The number of nitrogens with one attached hydrogen (secondary N) is 1. The molecule has 3 aromatic rings. The predicted octanol–water partition coefficient (Wildman–Crippen LogP) is 1.11. The zero-order chi connectivity index (χ0) is 18.8. The Kier molecular flexibility index (Phi) is 4.72. The lowest BCUT2D eigenvalue weighted by Gasteiger charge is -2.29. The molecular formula is C19H22N6O2. The third kappa shape index (κ3) is 3.75. The number of hydrogen-bond donors (Lipinski definition) is 1. The van der Waals surface area contributed by atoms with Crippen LogP contribution in [-0.4, -0.2) is 49.4 Å². The van der Waals surface area contributed by atoms with Crippen molar-refractivity contribution < 1.29 is 0 Å². The van der Waals surface area contributed by atoms with Gasteiger partial charge < -0.3 is 4.90 Å². The van der Waals surface area contributed by atoms with Crippen molar-refractivity contribution in [1.82, 2.24) is 29.2 Å². The molecule has 1 aliphatic rings. The molecule has 140 valence electrons. The number of aromatic nitrogens is 5. The Balaban J connectivity index is 1.72. The van der Waals surface area contributed by atoms with E-state index in [0.29, 0.717) is 5.82 Å². The largest absolute Gasteiger partial charge is 0.328 e. The topological polar surface area (TPSA) is 88.8 Å². The SMILES string of the molecule is CN1CCC(n2nc(-c3ccccc3)nc2Cn2ccc(=O)[nH]c2=O)CC1. The van der Waals surface area contributed by atoms with Crippen molar-refractivity contribution in [3.63, 3.8) is 0 Å². The van der Waals surface area contributed by atoms with Gasteiger partial charge in [-0.05, 0) is 33.0 Å². The minimum Gasteiger partial charge on any atom is -0.306 e. The van der Waals surface area contributed by atoms with Gasteiger partial charge in [0.1, 0.15) is 5.82 Å². The van der Waals surface area contributed by atoms with Gasteiger partial charge in [-0.2, -0.15) is 5.10 Å². The summed E-state index contributed by atoms with van der Waals surface area (Å²) in [5.41, 5.74) is 0.0962. The van der Waals surface area contributed by atoms with Crippen molar-refractivity contribution in [3.8, 4) is 11.4 Å². The fourth-order valence-corrected chi connectivity index (χ4v) is 3.43. The number of nitrogens with zero attached hydrogens (tertiary/aromatic N) is 5. The Morgan fingerprint density at radius 1 is 1.11 bits per heavy atom. The van der Waals surface area contributed by atoms with Crippen LogP contribution in [-0.2, 0) is 6.54 Å². The van der Waals surface area contributed by atoms with Gasteiger partial charge in [0.15, 0.2) is 5.82 Å². The van der Waals surface area contributed by atoms with Gasteiger partial charge in [-0.1, -0.05) is 30.3 Å². The average molecular weight is 366 g/mol. The molecule has 0 amide bonds. The predicted molar refractivity (Wildman–Crippen MR) is 102 cm³/mol. The van der Waals surface area contributed by atoms with E-state index in [1.807, 2.05) is 35.0 Å². The lowest BCUT2D eigenvalue weighted by Crippen LogP contribution is -2.33. The molecule has 3 heterocycles. The number of piperidine rings is 1. The molecule has 0 spiro atoms. The molecule has 0 atom stereocenters. The van der Waals surface area contributed by atoms with E-state index in [-0.39, 0.29) is 12.6 Å². The van der Waals surface area contributed by atoms with E-state index >= 15 is 0 Å². The zero-order valence-electron chi connectivity index (χ0n) is 15.2. The molecular weight excluding hydrogens is 344 g/mol. The van der Waals surface area contributed by atoms with Crippen LogP contribution < -0.4 is 11.2 Å². The van der Waals surface area contributed by atoms with Crippen LogP contribution in [0.5, 0.6) is 0 Å². The number of aromatic amines is 1. The van der Waals surface area contributed by atoms with Gasteiger partial charge in [0.25, 0.3) is 5.56 Å². The second kappa shape index (κ2) is 7.32. The third-order valence-electron chi connectivity index (χ3n) is 4.98. The molecule has 0 saturated carbocycles. The van der Waals surface area contributed by atoms with Crippen molar-refractivity contribution in [3.05, 3.63) is 69.3 Å². The van der Waals surface area contributed by atoms with E-state index in [4.69, 9.17) is 10.1 Å². The molecule has 4 rings (SSSR count). The highest BCUT2D eigenvalue weighted by molar-refractivity contribution is 5.54. The van der Waals surface area contributed by atoms with Crippen LogP contribution in [0.25, 0.3) is 11.4 Å². The number of likely N-dealkylation sites (tertiary alicyclic amines) is 1. The van der Waals surface area contributed by atoms with Crippen LogP contribution in [0.4, 0.5) is 0 Å². The maximum absolute atomic E-state index is 12.1. The number of benzene rings is 1. The van der Waals surface area contributed by atoms with Crippen molar-refractivity contribution in [2.75, 3.05) is 20.1 Å². The van der Waals surface area contributed by atoms with E-state index in [1.165, 1.54) is 16.8 Å². The average Bonchev–Trinajstić information content (AvgIpc) is 3.09. The quantitative estimate of drug-likeness (QED) is 0.747. The maximum Gasteiger partial charge on any atom is 0.328 e. The molecule has 1 aliphatic heterocycles. The number of H-pyrrole nitrogens is 1. The minimum atomic E-state index is -0.443. The van der Waals surface area contributed by atoms with Crippen LogP contribution in [0.1, 0.15) is 24.7 Å². The molecule has 0 aliphatic carbocycles. The first kappa shape index (κ1) is 17.4. The van der Waals surface area contributed by atoms with Gasteiger partial charge in [-0.25, -0.2) is 14.5 Å². The summed E-state index contributed by atoms with van der Waals surface area (Å²) in [6.45, 7) is 2.27. The van der Waals surface area contributed by atoms with Gasteiger partial charge in [-0.15, -0.1) is 0 Å². The first-order valence-electron chi connectivity index (χ1n) is 9.09. The maximum atomic E-state index is 12.1. The zero-order valence-corrected chi connectivity index (χ0v) is 15.2. The van der Waals surface area contributed by atoms with Gasteiger partial charge in [0.05, 0.1) is 12.6 Å². The van der Waals surface area contributed by atoms with Gasteiger partial charge >= 0.3 is 5.69 Å². The van der Waals surface area contributed by atoms with Crippen LogP contribution in [0.2, 0.25) is 0 Å². The second-order valence-corrected chi connectivity index (χ2v) is 6.93. The Bertz CT molecular complexity index is 1030. The summed E-state index contributed by atoms with van der Waals surface area (Å²) in [7, 11) is 2.12. The molecule has 8 nitrogen and oxygen atoms in total. The summed E-state index contributed by atoms with van der Waals surface area (Å²) in [5.74, 6) is 1.37. The highest BCUT2D eigenvalue weighted by Crippen LogP contribution is 2.25. The van der Waals surface area contributed by atoms with E-state index in [9.17, 15) is 9.59 Å². The molecule has 1 fully saturated rings. The van der Waals surface area contributed by atoms with E-state index < -0.39 is 11.2 Å². The minimum absolute atomic E-state index is 0.250. The molecule has 1 N–H and O–H groups in total. The summed E-state index contributed by atoms with van der Waals surface area (Å²) in [5, 5.41) is 4.77. The van der Waals surface area contributed by atoms with Crippen LogP contribution in [0.3, 0.4) is 0 Å². The van der Waals surface area contributed by atoms with Crippen LogP contribution in [0.15, 0.2) is 52.2 Å². The van der Waals surface area contributed by atoms with Crippen molar-refractivity contribution in [2.24, 2.45) is 0 Å². The highest BCUT2D eigenvalue weighted by atomic mass is 16.2. The first-order valence-corrected chi connectivity index (χ1v) is 9.09. The Labute approximate surface area is 156 Å². The lowest BCUT2D eigenvalue weighted by molar-refractivity contribution is 0.209. The van der Waals surface area contributed by atoms with Crippen molar-refractivity contribution in [1.29, 1.82) is 0 Å². The summed E-state index contributed by atoms with van der Waals surface area (Å²) in [6.07, 6.45) is 3.47. The molecule has 1 aromatic carbocycles.